The van der Waals surface area contributed by atoms with Gasteiger partial charge in [0.25, 0.3) is 15.9 Å². The lowest BCUT2D eigenvalue weighted by molar-refractivity contribution is -0.123. The van der Waals surface area contributed by atoms with E-state index in [0.717, 1.165) is 0 Å². The normalized spacial score (nSPS) is 14.3. The third kappa shape index (κ3) is 4.07. The van der Waals surface area contributed by atoms with Crippen LogP contribution >= 0.6 is 0 Å². The van der Waals surface area contributed by atoms with Crippen LogP contribution in [0.15, 0.2) is 72.1 Å². The lowest BCUT2D eigenvalue weighted by Gasteiger charge is -2.27. The summed E-state index contributed by atoms with van der Waals surface area (Å²) in [7, 11) is -3.90. The molecule has 8 heteroatoms. The van der Waals surface area contributed by atoms with Crippen molar-refractivity contribution < 1.29 is 18.0 Å². The van der Waals surface area contributed by atoms with E-state index in [1.54, 1.807) is 36.4 Å². The van der Waals surface area contributed by atoms with Gasteiger partial charge in [-0.3, -0.25) is 13.9 Å². The van der Waals surface area contributed by atoms with Gasteiger partial charge >= 0.3 is 0 Å². The summed E-state index contributed by atoms with van der Waals surface area (Å²) in [4.78, 5) is 25.7. The fourth-order valence-corrected chi connectivity index (χ4v) is 4.45. The molecule has 28 heavy (non-hydrogen) atoms. The summed E-state index contributed by atoms with van der Waals surface area (Å²) < 4.78 is 27.7. The van der Waals surface area contributed by atoms with Crippen LogP contribution in [0.4, 0.5) is 5.69 Å². The second-order valence-electron chi connectivity index (χ2n) is 6.26. The lowest BCUT2D eigenvalue weighted by atomic mass is 10.2. The highest BCUT2D eigenvalue weighted by Gasteiger charge is 2.27. The van der Waals surface area contributed by atoms with E-state index in [4.69, 9.17) is 0 Å². The minimum absolute atomic E-state index is 0.00511. The Balaban J connectivity index is 1.94. The van der Waals surface area contributed by atoms with Crippen molar-refractivity contribution in [1.29, 1.82) is 0 Å². The van der Waals surface area contributed by atoms with E-state index in [1.165, 1.54) is 33.5 Å². The van der Waals surface area contributed by atoms with Crippen LogP contribution in [0.25, 0.3) is 0 Å². The fourth-order valence-electron chi connectivity index (χ4n) is 2.97. The van der Waals surface area contributed by atoms with Crippen molar-refractivity contribution >= 4 is 27.5 Å². The van der Waals surface area contributed by atoms with Gasteiger partial charge in [0.2, 0.25) is 5.91 Å². The fraction of sp³-hybridized carbons (Fsp3) is 0.200. The first kappa shape index (κ1) is 19.6. The highest BCUT2D eigenvalue weighted by molar-refractivity contribution is 7.92. The van der Waals surface area contributed by atoms with Crippen molar-refractivity contribution in [3.8, 4) is 0 Å². The molecule has 0 aliphatic carbocycles. The molecule has 0 unspecified atom stereocenters. The van der Waals surface area contributed by atoms with E-state index >= 15 is 0 Å². The monoisotopic (exact) mass is 399 g/mol. The van der Waals surface area contributed by atoms with Crippen LogP contribution in [0.5, 0.6) is 0 Å². The SMILES string of the molecule is C=CCN(c1ccccc1)S(=O)(=O)c1cccc(C(=O)N2CCNC(=O)C2)c1. The summed E-state index contributed by atoms with van der Waals surface area (Å²) in [5.74, 6) is -0.605. The van der Waals surface area contributed by atoms with Gasteiger partial charge in [-0.25, -0.2) is 8.42 Å². The molecule has 2 amide bonds. The number of para-hydroxylation sites is 1. The van der Waals surface area contributed by atoms with E-state index in [1.807, 2.05) is 0 Å². The molecule has 7 nitrogen and oxygen atoms in total. The maximum atomic E-state index is 13.2. The van der Waals surface area contributed by atoms with Gasteiger partial charge in [0.15, 0.2) is 0 Å². The van der Waals surface area contributed by atoms with Crippen molar-refractivity contribution in [2.75, 3.05) is 30.5 Å². The zero-order valence-corrected chi connectivity index (χ0v) is 16.1. The van der Waals surface area contributed by atoms with Gasteiger partial charge in [0, 0.05) is 18.7 Å². The third-order valence-electron chi connectivity index (χ3n) is 4.33. The Labute approximate surface area is 164 Å². The molecule has 0 saturated carbocycles. The predicted octanol–water partition coefficient (Wildman–Crippen LogP) is 1.64. The van der Waals surface area contributed by atoms with Crippen LogP contribution in [0.1, 0.15) is 10.4 Å². The van der Waals surface area contributed by atoms with Gasteiger partial charge in [-0.2, -0.15) is 0 Å². The third-order valence-corrected chi connectivity index (χ3v) is 6.12. The van der Waals surface area contributed by atoms with Gasteiger partial charge in [-0.05, 0) is 30.3 Å². The van der Waals surface area contributed by atoms with Gasteiger partial charge < -0.3 is 10.2 Å². The molecule has 1 aliphatic rings. The number of benzene rings is 2. The predicted molar refractivity (Wildman–Crippen MR) is 107 cm³/mol. The van der Waals surface area contributed by atoms with Crippen LogP contribution in [-0.4, -0.2) is 51.3 Å². The largest absolute Gasteiger partial charge is 0.353 e. The van der Waals surface area contributed by atoms with Crippen molar-refractivity contribution in [3.63, 3.8) is 0 Å². The quantitative estimate of drug-likeness (QED) is 0.748. The standard InChI is InChI=1S/C20H21N3O4S/c1-2-12-23(17-8-4-3-5-9-17)28(26,27)18-10-6-7-16(14-18)20(25)22-13-11-21-19(24)15-22/h2-10,14H,1,11-13,15H2,(H,21,24). The molecule has 2 aromatic rings. The van der Waals surface area contributed by atoms with Gasteiger partial charge in [0.1, 0.15) is 0 Å². The summed E-state index contributed by atoms with van der Waals surface area (Å²) in [5.41, 5.74) is 0.731. The maximum Gasteiger partial charge on any atom is 0.264 e. The number of anilines is 1. The van der Waals surface area contributed by atoms with Crippen molar-refractivity contribution in [2.24, 2.45) is 0 Å². The zero-order chi connectivity index (χ0) is 20.1. The first-order valence-corrected chi connectivity index (χ1v) is 10.2. The number of amides is 2. The Kier molecular flexibility index (Phi) is 5.79. The molecule has 1 heterocycles. The number of nitrogens with zero attached hydrogens (tertiary/aromatic N) is 2. The molecule has 0 bridgehead atoms. The first-order chi connectivity index (χ1) is 13.4. The summed E-state index contributed by atoms with van der Waals surface area (Å²) >= 11 is 0. The first-order valence-electron chi connectivity index (χ1n) is 8.78. The number of rotatable bonds is 6. The van der Waals surface area contributed by atoms with Crippen molar-refractivity contribution in [1.82, 2.24) is 10.2 Å². The minimum Gasteiger partial charge on any atom is -0.353 e. The Hall–Kier alpha value is -3.13. The topological polar surface area (TPSA) is 86.8 Å². The van der Waals surface area contributed by atoms with Crippen LogP contribution < -0.4 is 9.62 Å². The highest BCUT2D eigenvalue weighted by Crippen LogP contribution is 2.24. The molecule has 0 atom stereocenters. The van der Waals surface area contributed by atoms with E-state index in [9.17, 15) is 18.0 Å². The number of carbonyl (C=O) groups is 2. The molecule has 0 aromatic heterocycles. The molecule has 0 radical (unpaired) electrons. The number of piperazine rings is 1. The second-order valence-corrected chi connectivity index (χ2v) is 8.13. The molecule has 1 N–H and O–H groups in total. The van der Waals surface area contributed by atoms with Crippen LogP contribution in [0.3, 0.4) is 0 Å². The molecular formula is C20H21N3O4S. The summed E-state index contributed by atoms with van der Waals surface area (Å²) in [5, 5.41) is 2.66. The Morgan fingerprint density at radius 1 is 1.18 bits per heavy atom. The number of hydrogen-bond donors (Lipinski definition) is 1. The van der Waals surface area contributed by atoms with E-state index < -0.39 is 10.0 Å². The molecule has 2 aromatic carbocycles. The highest BCUT2D eigenvalue weighted by atomic mass is 32.2. The second kappa shape index (κ2) is 8.26. The van der Waals surface area contributed by atoms with Crippen LogP contribution in [-0.2, 0) is 14.8 Å². The van der Waals surface area contributed by atoms with E-state index in [0.29, 0.717) is 18.8 Å². The maximum absolute atomic E-state index is 13.2. The van der Waals surface area contributed by atoms with Gasteiger partial charge in [-0.15, -0.1) is 6.58 Å². The number of sulfonamides is 1. The number of nitrogens with one attached hydrogen (secondary N) is 1. The minimum atomic E-state index is -3.90. The number of hydrogen-bond acceptors (Lipinski definition) is 4. The van der Waals surface area contributed by atoms with Crippen LogP contribution in [0, 0.1) is 0 Å². The van der Waals surface area contributed by atoms with Crippen molar-refractivity contribution in [2.45, 2.75) is 4.90 Å². The molecule has 1 fully saturated rings. The average molecular weight is 399 g/mol. The Morgan fingerprint density at radius 2 is 1.93 bits per heavy atom. The van der Waals surface area contributed by atoms with Gasteiger partial charge in [-0.1, -0.05) is 30.3 Å². The van der Waals surface area contributed by atoms with E-state index in [2.05, 4.69) is 11.9 Å². The Morgan fingerprint density at radius 3 is 2.61 bits per heavy atom. The summed E-state index contributed by atoms with van der Waals surface area (Å²) in [6.07, 6.45) is 1.51. The molecular weight excluding hydrogens is 378 g/mol. The van der Waals surface area contributed by atoms with Gasteiger partial charge in [0.05, 0.1) is 23.7 Å². The summed E-state index contributed by atoms with van der Waals surface area (Å²) in [6.45, 7) is 4.46. The average Bonchev–Trinajstić information content (AvgIpc) is 2.72. The lowest BCUT2D eigenvalue weighted by Crippen LogP contribution is -2.50. The molecule has 146 valence electrons. The Bertz CT molecular complexity index is 990. The van der Waals surface area contributed by atoms with E-state index in [-0.39, 0.29) is 35.4 Å². The summed E-state index contributed by atoms with van der Waals surface area (Å²) in [6, 6.07) is 14.6. The molecule has 3 rings (SSSR count). The number of carbonyl (C=O) groups excluding carboxylic acids is 2. The van der Waals surface area contributed by atoms with Crippen LogP contribution in [0.2, 0.25) is 0 Å². The molecule has 1 saturated heterocycles. The zero-order valence-electron chi connectivity index (χ0n) is 15.2. The van der Waals surface area contributed by atoms with Crippen molar-refractivity contribution in [3.05, 3.63) is 72.8 Å². The molecule has 0 spiro atoms. The smallest absolute Gasteiger partial charge is 0.264 e. The molecule has 1 aliphatic heterocycles.